The van der Waals surface area contributed by atoms with Crippen molar-refractivity contribution in [2.75, 3.05) is 7.11 Å². The Labute approximate surface area is 112 Å². The van der Waals surface area contributed by atoms with Gasteiger partial charge in [-0.15, -0.1) is 11.3 Å². The van der Waals surface area contributed by atoms with Crippen LogP contribution in [0, 0.1) is 0 Å². The molecule has 0 spiro atoms. The van der Waals surface area contributed by atoms with Crippen molar-refractivity contribution in [1.82, 2.24) is 5.32 Å². The van der Waals surface area contributed by atoms with Gasteiger partial charge in [-0.1, -0.05) is 6.07 Å². The van der Waals surface area contributed by atoms with E-state index in [1.807, 2.05) is 24.4 Å². The Morgan fingerprint density at radius 3 is 2.72 bits per heavy atom. The van der Waals surface area contributed by atoms with E-state index in [4.69, 9.17) is 4.74 Å². The zero-order chi connectivity index (χ0) is 13.8. The quantitative estimate of drug-likeness (QED) is 0.778. The summed E-state index contributed by atoms with van der Waals surface area (Å²) in [5.41, 5.74) is -0.842. The predicted octanol–water partition coefficient (Wildman–Crippen LogP) is 2.10. The number of hydrogen-bond donors (Lipinski definition) is 2. The third-order valence-corrected chi connectivity index (χ3v) is 3.98. The average Bonchev–Trinajstić information content (AvgIpc) is 2.79. The van der Waals surface area contributed by atoms with Crippen LogP contribution >= 0.6 is 11.3 Å². The van der Waals surface area contributed by atoms with Gasteiger partial charge < -0.3 is 15.2 Å². The zero-order valence-electron chi connectivity index (χ0n) is 11.3. The molecule has 1 rings (SSSR count). The first-order valence-corrected chi connectivity index (χ1v) is 6.81. The van der Waals surface area contributed by atoms with Gasteiger partial charge in [0.05, 0.1) is 25.2 Å². The monoisotopic (exact) mass is 271 g/mol. The number of thiophene rings is 1. The number of hydrogen-bond acceptors (Lipinski definition) is 5. The minimum absolute atomic E-state index is 0.126. The van der Waals surface area contributed by atoms with Crippen LogP contribution in [0.3, 0.4) is 0 Å². The van der Waals surface area contributed by atoms with Crippen LogP contribution in [0.5, 0.6) is 0 Å². The van der Waals surface area contributed by atoms with Crippen LogP contribution in [0.1, 0.15) is 38.1 Å². The highest BCUT2D eigenvalue weighted by Gasteiger charge is 2.27. The van der Waals surface area contributed by atoms with E-state index in [-0.39, 0.29) is 24.5 Å². The van der Waals surface area contributed by atoms with Crippen molar-refractivity contribution in [3.05, 3.63) is 22.4 Å². The second kappa shape index (κ2) is 6.31. The fraction of sp³-hybridized carbons (Fsp3) is 0.615. The van der Waals surface area contributed by atoms with Crippen LogP contribution in [0.15, 0.2) is 17.5 Å². The summed E-state index contributed by atoms with van der Waals surface area (Å²) in [5.74, 6) is -0.260. The predicted molar refractivity (Wildman–Crippen MR) is 72.6 cm³/mol. The summed E-state index contributed by atoms with van der Waals surface area (Å²) in [4.78, 5) is 12.5. The Balaban J connectivity index is 2.76. The standard InChI is InChI=1S/C13H21NO3S/c1-9(13(2,3)16)14-10(8-12(15)17-4)11-6-5-7-18-11/h5-7,9-10,14,16H,8H2,1-4H3. The molecular weight excluding hydrogens is 250 g/mol. The molecule has 2 N–H and O–H groups in total. The highest BCUT2D eigenvalue weighted by Crippen LogP contribution is 2.24. The highest BCUT2D eigenvalue weighted by molar-refractivity contribution is 7.10. The van der Waals surface area contributed by atoms with Gasteiger partial charge in [0.15, 0.2) is 0 Å². The smallest absolute Gasteiger partial charge is 0.307 e. The molecule has 5 heteroatoms. The van der Waals surface area contributed by atoms with Crippen molar-refractivity contribution >= 4 is 17.3 Å². The summed E-state index contributed by atoms with van der Waals surface area (Å²) in [6.45, 7) is 5.39. The largest absolute Gasteiger partial charge is 0.469 e. The lowest BCUT2D eigenvalue weighted by molar-refractivity contribution is -0.141. The Morgan fingerprint density at radius 1 is 1.61 bits per heavy atom. The molecule has 2 atom stereocenters. The van der Waals surface area contributed by atoms with E-state index in [9.17, 15) is 9.90 Å². The molecular formula is C13H21NO3S. The maximum Gasteiger partial charge on any atom is 0.307 e. The summed E-state index contributed by atoms with van der Waals surface area (Å²) in [6, 6.07) is 3.66. The molecule has 4 nitrogen and oxygen atoms in total. The third-order valence-electron chi connectivity index (χ3n) is 3.00. The SMILES string of the molecule is COC(=O)CC(NC(C)C(C)(C)O)c1cccs1. The van der Waals surface area contributed by atoms with E-state index >= 15 is 0 Å². The second-order valence-electron chi connectivity index (χ2n) is 4.89. The van der Waals surface area contributed by atoms with Gasteiger partial charge >= 0.3 is 5.97 Å². The van der Waals surface area contributed by atoms with Gasteiger partial charge in [0.1, 0.15) is 0 Å². The Kier molecular flexibility index (Phi) is 5.31. The Bertz CT molecular complexity index is 370. The van der Waals surface area contributed by atoms with Crippen LogP contribution in [-0.2, 0) is 9.53 Å². The van der Waals surface area contributed by atoms with Crippen LogP contribution in [0.2, 0.25) is 0 Å². The van der Waals surface area contributed by atoms with Gasteiger partial charge in [-0.2, -0.15) is 0 Å². The summed E-state index contributed by atoms with van der Waals surface area (Å²) >= 11 is 1.58. The molecule has 0 aliphatic carbocycles. The molecule has 0 bridgehead atoms. The molecule has 1 aromatic rings. The minimum atomic E-state index is -0.842. The summed E-state index contributed by atoms with van der Waals surface area (Å²) in [7, 11) is 1.38. The molecule has 0 aromatic carbocycles. The summed E-state index contributed by atoms with van der Waals surface area (Å²) in [6.07, 6.45) is 0.261. The van der Waals surface area contributed by atoms with E-state index in [2.05, 4.69) is 5.32 Å². The Morgan fingerprint density at radius 2 is 2.28 bits per heavy atom. The molecule has 0 fully saturated rings. The molecule has 2 unspecified atom stereocenters. The van der Waals surface area contributed by atoms with Gasteiger partial charge in [-0.05, 0) is 32.2 Å². The number of nitrogens with one attached hydrogen (secondary N) is 1. The molecule has 0 aliphatic rings. The first-order chi connectivity index (χ1) is 8.34. The number of carbonyl (C=O) groups is 1. The van der Waals surface area contributed by atoms with Crippen LogP contribution in [0.25, 0.3) is 0 Å². The van der Waals surface area contributed by atoms with Crippen molar-refractivity contribution < 1.29 is 14.6 Å². The van der Waals surface area contributed by atoms with Crippen molar-refractivity contribution in [2.24, 2.45) is 0 Å². The zero-order valence-corrected chi connectivity index (χ0v) is 12.1. The average molecular weight is 271 g/mol. The number of ether oxygens (including phenoxy) is 1. The first kappa shape index (κ1) is 15.1. The van der Waals surface area contributed by atoms with Gasteiger partial charge in [0.25, 0.3) is 0 Å². The summed E-state index contributed by atoms with van der Waals surface area (Å²) < 4.78 is 4.71. The van der Waals surface area contributed by atoms with E-state index in [1.54, 1.807) is 25.2 Å². The number of rotatable bonds is 6. The highest BCUT2D eigenvalue weighted by atomic mass is 32.1. The van der Waals surface area contributed by atoms with E-state index in [1.165, 1.54) is 7.11 Å². The number of aliphatic hydroxyl groups is 1. The van der Waals surface area contributed by atoms with Crippen LogP contribution in [0.4, 0.5) is 0 Å². The van der Waals surface area contributed by atoms with Crippen LogP contribution in [-0.4, -0.2) is 29.8 Å². The molecule has 0 radical (unpaired) electrons. The molecule has 0 aliphatic heterocycles. The molecule has 0 amide bonds. The Hall–Kier alpha value is -0.910. The van der Waals surface area contributed by atoms with E-state index in [0.29, 0.717) is 0 Å². The lowest BCUT2D eigenvalue weighted by atomic mass is 9.99. The molecule has 1 aromatic heterocycles. The second-order valence-corrected chi connectivity index (χ2v) is 5.87. The fourth-order valence-corrected chi connectivity index (χ4v) is 2.27. The molecule has 0 saturated heterocycles. The lowest BCUT2D eigenvalue weighted by Gasteiger charge is -2.30. The molecule has 0 saturated carbocycles. The van der Waals surface area contributed by atoms with Gasteiger partial charge in [-0.3, -0.25) is 4.79 Å². The van der Waals surface area contributed by atoms with Gasteiger partial charge in [0, 0.05) is 10.9 Å². The molecule has 102 valence electrons. The van der Waals surface area contributed by atoms with E-state index < -0.39 is 5.60 Å². The van der Waals surface area contributed by atoms with Crippen molar-refractivity contribution in [3.8, 4) is 0 Å². The normalized spacial score (nSPS) is 15.2. The maximum atomic E-state index is 11.4. The third kappa shape index (κ3) is 4.40. The first-order valence-electron chi connectivity index (χ1n) is 5.93. The molecule has 18 heavy (non-hydrogen) atoms. The minimum Gasteiger partial charge on any atom is -0.469 e. The number of methoxy groups -OCH3 is 1. The maximum absolute atomic E-state index is 11.4. The van der Waals surface area contributed by atoms with Crippen molar-refractivity contribution in [3.63, 3.8) is 0 Å². The van der Waals surface area contributed by atoms with Crippen molar-refractivity contribution in [1.29, 1.82) is 0 Å². The van der Waals surface area contributed by atoms with Crippen LogP contribution < -0.4 is 5.32 Å². The number of carbonyl (C=O) groups excluding carboxylic acids is 1. The van der Waals surface area contributed by atoms with Gasteiger partial charge in [0.2, 0.25) is 0 Å². The summed E-state index contributed by atoms with van der Waals surface area (Å²) in [5, 5.41) is 15.2. The lowest BCUT2D eigenvalue weighted by Crippen LogP contribution is -2.46. The topological polar surface area (TPSA) is 58.6 Å². The fourth-order valence-electron chi connectivity index (χ4n) is 1.49. The van der Waals surface area contributed by atoms with Gasteiger partial charge in [-0.25, -0.2) is 0 Å². The van der Waals surface area contributed by atoms with Crippen molar-refractivity contribution in [2.45, 2.75) is 44.9 Å². The molecule has 1 heterocycles. The number of esters is 1. The van der Waals surface area contributed by atoms with E-state index in [0.717, 1.165) is 4.88 Å².